The van der Waals surface area contributed by atoms with Crippen LogP contribution in [0.2, 0.25) is 0 Å². The monoisotopic (exact) mass is 242 g/mol. The SMILES string of the molecule is CC(C)CC(CC(C)C)NCCCCN(C)C. The van der Waals surface area contributed by atoms with Gasteiger partial charge < -0.3 is 10.2 Å². The number of hydrogen-bond donors (Lipinski definition) is 1. The van der Waals surface area contributed by atoms with E-state index in [2.05, 4.69) is 52.0 Å². The van der Waals surface area contributed by atoms with E-state index < -0.39 is 0 Å². The molecule has 1 N–H and O–H groups in total. The number of unbranched alkanes of at least 4 members (excludes halogenated alkanes) is 1. The Kier molecular flexibility index (Phi) is 9.85. The summed E-state index contributed by atoms with van der Waals surface area (Å²) in [6, 6.07) is 0.717. The molecular formula is C15H34N2. The fourth-order valence-electron chi connectivity index (χ4n) is 2.26. The standard InChI is InChI=1S/C15H34N2/c1-13(2)11-15(12-14(3)4)16-9-7-8-10-17(5)6/h13-16H,7-12H2,1-6H3. The van der Waals surface area contributed by atoms with Crippen molar-refractivity contribution in [3.05, 3.63) is 0 Å². The molecule has 0 bridgehead atoms. The highest BCUT2D eigenvalue weighted by atomic mass is 15.0. The smallest absolute Gasteiger partial charge is 0.00719 e. The van der Waals surface area contributed by atoms with Gasteiger partial charge in [-0.1, -0.05) is 27.7 Å². The molecule has 2 heteroatoms. The Hall–Kier alpha value is -0.0800. The molecule has 17 heavy (non-hydrogen) atoms. The van der Waals surface area contributed by atoms with Crippen LogP contribution in [-0.4, -0.2) is 38.1 Å². The van der Waals surface area contributed by atoms with Crippen LogP contribution in [0.3, 0.4) is 0 Å². The molecule has 0 saturated heterocycles. The third kappa shape index (κ3) is 12.2. The highest BCUT2D eigenvalue weighted by Gasteiger charge is 2.11. The summed E-state index contributed by atoms with van der Waals surface area (Å²) < 4.78 is 0. The first kappa shape index (κ1) is 16.9. The van der Waals surface area contributed by atoms with Crippen LogP contribution >= 0.6 is 0 Å². The van der Waals surface area contributed by atoms with Crippen LogP contribution in [0.15, 0.2) is 0 Å². The highest BCUT2D eigenvalue weighted by Crippen LogP contribution is 2.13. The second-order valence-corrected chi connectivity index (χ2v) is 6.42. The molecule has 104 valence electrons. The van der Waals surface area contributed by atoms with E-state index in [0.717, 1.165) is 11.8 Å². The van der Waals surface area contributed by atoms with Crippen molar-refractivity contribution in [2.24, 2.45) is 11.8 Å². The third-order valence-corrected chi connectivity index (χ3v) is 2.98. The summed E-state index contributed by atoms with van der Waals surface area (Å²) in [5, 5.41) is 3.74. The van der Waals surface area contributed by atoms with Crippen molar-refractivity contribution < 1.29 is 0 Å². The van der Waals surface area contributed by atoms with Gasteiger partial charge in [0.15, 0.2) is 0 Å². The van der Waals surface area contributed by atoms with E-state index in [1.165, 1.54) is 38.8 Å². The molecule has 0 aliphatic rings. The average Bonchev–Trinajstić information content (AvgIpc) is 2.14. The lowest BCUT2D eigenvalue weighted by Gasteiger charge is -2.22. The van der Waals surface area contributed by atoms with Gasteiger partial charge in [-0.2, -0.15) is 0 Å². The van der Waals surface area contributed by atoms with E-state index in [9.17, 15) is 0 Å². The van der Waals surface area contributed by atoms with Crippen LogP contribution in [-0.2, 0) is 0 Å². The van der Waals surface area contributed by atoms with E-state index in [1.54, 1.807) is 0 Å². The molecule has 2 nitrogen and oxygen atoms in total. The Morgan fingerprint density at radius 1 is 0.882 bits per heavy atom. The van der Waals surface area contributed by atoms with Crippen molar-refractivity contribution >= 4 is 0 Å². The van der Waals surface area contributed by atoms with Crippen molar-refractivity contribution in [1.82, 2.24) is 10.2 Å². The normalized spacial score (nSPS) is 12.4. The first-order valence-electron chi connectivity index (χ1n) is 7.30. The lowest BCUT2D eigenvalue weighted by Crippen LogP contribution is -2.32. The van der Waals surface area contributed by atoms with Crippen molar-refractivity contribution in [3.8, 4) is 0 Å². The largest absolute Gasteiger partial charge is 0.314 e. The fraction of sp³-hybridized carbons (Fsp3) is 1.00. The molecule has 0 aromatic rings. The summed E-state index contributed by atoms with van der Waals surface area (Å²) in [5.74, 6) is 1.60. The van der Waals surface area contributed by atoms with Gasteiger partial charge in [-0.05, 0) is 64.7 Å². The Balaban J connectivity index is 3.68. The van der Waals surface area contributed by atoms with Gasteiger partial charge in [0.1, 0.15) is 0 Å². The minimum absolute atomic E-state index is 0.717. The molecule has 0 aliphatic heterocycles. The van der Waals surface area contributed by atoms with Gasteiger partial charge >= 0.3 is 0 Å². The van der Waals surface area contributed by atoms with Crippen LogP contribution in [0.4, 0.5) is 0 Å². The van der Waals surface area contributed by atoms with Crippen LogP contribution in [0.1, 0.15) is 53.4 Å². The lowest BCUT2D eigenvalue weighted by atomic mass is 9.95. The molecule has 0 rings (SSSR count). The molecule has 0 heterocycles. The molecule has 0 amide bonds. The van der Waals surface area contributed by atoms with Crippen molar-refractivity contribution in [2.45, 2.75) is 59.4 Å². The molecule has 0 aliphatic carbocycles. The van der Waals surface area contributed by atoms with E-state index in [0.29, 0.717) is 6.04 Å². The van der Waals surface area contributed by atoms with Gasteiger partial charge in [-0.3, -0.25) is 0 Å². The molecule has 0 radical (unpaired) electrons. The number of rotatable bonds is 10. The second kappa shape index (κ2) is 9.90. The van der Waals surface area contributed by atoms with Gasteiger partial charge in [0.05, 0.1) is 0 Å². The van der Waals surface area contributed by atoms with Crippen LogP contribution in [0, 0.1) is 11.8 Å². The molecule has 0 aromatic carbocycles. The molecule has 0 spiro atoms. The van der Waals surface area contributed by atoms with E-state index >= 15 is 0 Å². The van der Waals surface area contributed by atoms with Gasteiger partial charge in [0, 0.05) is 6.04 Å². The zero-order valence-electron chi connectivity index (χ0n) is 12.9. The first-order valence-corrected chi connectivity index (χ1v) is 7.30. The van der Waals surface area contributed by atoms with E-state index in [1.807, 2.05) is 0 Å². The van der Waals surface area contributed by atoms with Gasteiger partial charge in [0.2, 0.25) is 0 Å². The number of nitrogens with zero attached hydrogens (tertiary/aromatic N) is 1. The Bertz CT molecular complexity index is 154. The van der Waals surface area contributed by atoms with Crippen molar-refractivity contribution in [2.75, 3.05) is 27.2 Å². The van der Waals surface area contributed by atoms with Crippen LogP contribution in [0.25, 0.3) is 0 Å². The average molecular weight is 242 g/mol. The first-order chi connectivity index (χ1) is 7.91. The molecule has 0 unspecified atom stereocenters. The summed E-state index contributed by atoms with van der Waals surface area (Å²) in [6.07, 6.45) is 5.22. The Morgan fingerprint density at radius 3 is 1.82 bits per heavy atom. The summed E-state index contributed by atoms with van der Waals surface area (Å²) in [7, 11) is 4.29. The van der Waals surface area contributed by atoms with Gasteiger partial charge in [0.25, 0.3) is 0 Å². The van der Waals surface area contributed by atoms with Crippen molar-refractivity contribution in [3.63, 3.8) is 0 Å². The molecular weight excluding hydrogens is 208 g/mol. The maximum atomic E-state index is 3.74. The minimum Gasteiger partial charge on any atom is -0.314 e. The summed E-state index contributed by atoms with van der Waals surface area (Å²) in [5.41, 5.74) is 0. The fourth-order valence-corrected chi connectivity index (χ4v) is 2.26. The van der Waals surface area contributed by atoms with Gasteiger partial charge in [-0.15, -0.1) is 0 Å². The Morgan fingerprint density at radius 2 is 1.41 bits per heavy atom. The van der Waals surface area contributed by atoms with Gasteiger partial charge in [-0.25, -0.2) is 0 Å². The van der Waals surface area contributed by atoms with Crippen LogP contribution < -0.4 is 5.32 Å². The molecule has 0 fully saturated rings. The van der Waals surface area contributed by atoms with Crippen LogP contribution in [0.5, 0.6) is 0 Å². The molecule has 0 aromatic heterocycles. The Labute approximate surface area is 109 Å². The zero-order valence-corrected chi connectivity index (χ0v) is 12.9. The highest BCUT2D eigenvalue weighted by molar-refractivity contribution is 4.70. The van der Waals surface area contributed by atoms with E-state index in [-0.39, 0.29) is 0 Å². The van der Waals surface area contributed by atoms with E-state index in [4.69, 9.17) is 0 Å². The predicted octanol–water partition coefficient (Wildman–Crippen LogP) is 3.38. The predicted molar refractivity (Wildman–Crippen MR) is 78.5 cm³/mol. The second-order valence-electron chi connectivity index (χ2n) is 6.42. The number of nitrogens with one attached hydrogen (secondary N) is 1. The summed E-state index contributed by atoms with van der Waals surface area (Å²) >= 11 is 0. The summed E-state index contributed by atoms with van der Waals surface area (Å²) in [4.78, 5) is 2.26. The lowest BCUT2D eigenvalue weighted by molar-refractivity contribution is 0.347. The molecule has 0 atom stereocenters. The third-order valence-electron chi connectivity index (χ3n) is 2.98. The summed E-state index contributed by atoms with van der Waals surface area (Å²) in [6.45, 7) is 11.7. The van der Waals surface area contributed by atoms with Crippen molar-refractivity contribution in [1.29, 1.82) is 0 Å². The zero-order chi connectivity index (χ0) is 13.3. The number of hydrogen-bond acceptors (Lipinski definition) is 2. The molecule has 0 saturated carbocycles. The topological polar surface area (TPSA) is 15.3 Å². The minimum atomic E-state index is 0.717. The maximum absolute atomic E-state index is 3.74. The quantitative estimate of drug-likeness (QED) is 0.591. The maximum Gasteiger partial charge on any atom is 0.00719 e.